The summed E-state index contributed by atoms with van der Waals surface area (Å²) in [6.07, 6.45) is 9.89. The van der Waals surface area contributed by atoms with Gasteiger partial charge in [-0.15, -0.1) is 0 Å². The van der Waals surface area contributed by atoms with Crippen LogP contribution in [0.1, 0.15) is 18.4 Å². The molecular formula is C34H33ClFN7O2. The largest absolute Gasteiger partial charge is 0.475 e. The SMILES string of the molecule is [C-]#[N+]C[C@H]1CN(C2=C(C#N)C(OC[C@@H]3CCCN3C)=NC3C=C(c4cncc5cccc(Cl)c45)C(F)=CC23)CCN1C(=O)C=C. The van der Waals surface area contributed by atoms with Crippen molar-refractivity contribution in [2.75, 3.05) is 46.4 Å². The van der Waals surface area contributed by atoms with E-state index in [2.05, 4.69) is 34.4 Å². The van der Waals surface area contributed by atoms with Gasteiger partial charge < -0.3 is 24.3 Å². The minimum absolute atomic E-state index is 0.0912. The van der Waals surface area contributed by atoms with E-state index in [9.17, 15) is 10.1 Å². The van der Waals surface area contributed by atoms with E-state index in [0.717, 1.165) is 24.8 Å². The number of aromatic nitrogens is 1. The van der Waals surface area contributed by atoms with Gasteiger partial charge in [0.2, 0.25) is 18.3 Å². The number of aliphatic imine (C=N–C) groups is 1. The van der Waals surface area contributed by atoms with Gasteiger partial charge in [-0.25, -0.2) is 16.0 Å². The molecule has 45 heavy (non-hydrogen) atoms. The van der Waals surface area contributed by atoms with Gasteiger partial charge in [0.25, 0.3) is 0 Å². The van der Waals surface area contributed by atoms with Gasteiger partial charge >= 0.3 is 0 Å². The number of carbonyl (C=O) groups excluding carboxylic acids is 1. The molecule has 0 spiro atoms. The molecule has 0 radical (unpaired) electrons. The monoisotopic (exact) mass is 625 g/mol. The molecule has 6 rings (SSSR count). The molecule has 1 aromatic carbocycles. The molecule has 2 fully saturated rings. The van der Waals surface area contributed by atoms with Gasteiger partial charge in [-0.3, -0.25) is 9.78 Å². The fourth-order valence-electron chi connectivity index (χ4n) is 6.84. The summed E-state index contributed by atoms with van der Waals surface area (Å²) in [6, 6.07) is 6.99. The fraction of sp³-hybridized carbons (Fsp3) is 0.382. The number of fused-ring (bicyclic) bond motifs is 2. The molecule has 11 heteroatoms. The first-order chi connectivity index (χ1) is 21.8. The van der Waals surface area contributed by atoms with Gasteiger partial charge in [0, 0.05) is 76.6 Å². The Morgan fingerprint density at radius 3 is 2.87 bits per heavy atom. The molecule has 1 aliphatic carbocycles. The van der Waals surface area contributed by atoms with Gasteiger partial charge in [0.15, 0.2) is 0 Å². The molecule has 3 aliphatic heterocycles. The van der Waals surface area contributed by atoms with Crippen molar-refractivity contribution in [1.82, 2.24) is 19.7 Å². The van der Waals surface area contributed by atoms with Crippen LogP contribution >= 0.6 is 11.6 Å². The number of likely N-dealkylation sites (tertiary alicyclic amines) is 1. The molecule has 9 nitrogen and oxygen atoms in total. The highest BCUT2D eigenvalue weighted by Gasteiger charge is 2.42. The van der Waals surface area contributed by atoms with Crippen molar-refractivity contribution in [2.24, 2.45) is 10.9 Å². The Morgan fingerprint density at radius 1 is 1.29 bits per heavy atom. The fourth-order valence-corrected chi connectivity index (χ4v) is 7.12. The highest BCUT2D eigenvalue weighted by atomic mass is 35.5. The Labute approximate surface area is 267 Å². The predicted molar refractivity (Wildman–Crippen MR) is 172 cm³/mol. The molecule has 4 aliphatic rings. The molecule has 0 N–H and O–H groups in total. The summed E-state index contributed by atoms with van der Waals surface area (Å²) in [5.41, 5.74) is 1.72. The van der Waals surface area contributed by atoms with Crippen LogP contribution in [0.25, 0.3) is 21.2 Å². The molecule has 2 unspecified atom stereocenters. The topological polar surface area (TPSA) is 89.4 Å². The second-order valence-corrected chi connectivity index (χ2v) is 12.1. The van der Waals surface area contributed by atoms with Crippen LogP contribution in [0, 0.1) is 23.8 Å². The summed E-state index contributed by atoms with van der Waals surface area (Å²) in [7, 11) is 2.06. The molecule has 1 aromatic heterocycles. The van der Waals surface area contributed by atoms with Gasteiger partial charge in [0.05, 0.1) is 6.04 Å². The number of likely N-dealkylation sites (N-methyl/N-ethyl adjacent to an activating group) is 1. The Hall–Kier alpha value is -4.51. The van der Waals surface area contributed by atoms with E-state index in [-0.39, 0.29) is 30.0 Å². The Kier molecular flexibility index (Phi) is 8.71. The van der Waals surface area contributed by atoms with Crippen molar-refractivity contribution in [2.45, 2.75) is 31.0 Å². The van der Waals surface area contributed by atoms with Crippen molar-refractivity contribution >= 4 is 39.8 Å². The van der Waals surface area contributed by atoms with Crippen molar-refractivity contribution < 1.29 is 13.9 Å². The maximum atomic E-state index is 16.2. The lowest BCUT2D eigenvalue weighted by Crippen LogP contribution is -2.57. The zero-order chi connectivity index (χ0) is 31.7. The average Bonchev–Trinajstić information content (AvgIpc) is 3.46. The number of rotatable bonds is 6. The third-order valence-electron chi connectivity index (χ3n) is 9.14. The van der Waals surface area contributed by atoms with Crippen LogP contribution in [0.3, 0.4) is 0 Å². The van der Waals surface area contributed by atoms with E-state index >= 15 is 4.39 Å². The number of dihydropyridines is 1. The van der Waals surface area contributed by atoms with Crippen LogP contribution in [0.4, 0.5) is 4.39 Å². The second-order valence-electron chi connectivity index (χ2n) is 11.7. The molecule has 230 valence electrons. The summed E-state index contributed by atoms with van der Waals surface area (Å²) < 4.78 is 22.6. The normalized spacial score (nSPS) is 25.1. The maximum absolute atomic E-state index is 16.2. The van der Waals surface area contributed by atoms with Gasteiger partial charge in [-0.1, -0.05) is 30.3 Å². The van der Waals surface area contributed by atoms with E-state index in [0.29, 0.717) is 53.5 Å². The third kappa shape index (κ3) is 5.72. The summed E-state index contributed by atoms with van der Waals surface area (Å²) in [4.78, 5) is 31.3. The van der Waals surface area contributed by atoms with Gasteiger partial charge in [0.1, 0.15) is 30.1 Å². The number of hydrogen-bond acceptors (Lipinski definition) is 7. The second kappa shape index (κ2) is 12.8. The summed E-state index contributed by atoms with van der Waals surface area (Å²) in [6.45, 7) is 13.6. The molecule has 2 saturated heterocycles. The van der Waals surface area contributed by atoms with Crippen molar-refractivity contribution in [3.63, 3.8) is 0 Å². The number of amides is 1. The Bertz CT molecular complexity index is 1750. The molecular weight excluding hydrogens is 593 g/mol. The van der Waals surface area contributed by atoms with E-state index in [1.807, 2.05) is 17.0 Å². The Morgan fingerprint density at radius 2 is 2.13 bits per heavy atom. The number of benzene rings is 1. The number of piperazine rings is 1. The number of pyridine rings is 1. The number of hydrogen-bond donors (Lipinski definition) is 0. The van der Waals surface area contributed by atoms with E-state index in [1.165, 1.54) is 12.2 Å². The molecule has 1 amide bonds. The van der Waals surface area contributed by atoms with Crippen molar-refractivity contribution in [1.29, 1.82) is 5.26 Å². The predicted octanol–water partition coefficient (Wildman–Crippen LogP) is 5.04. The molecule has 4 atom stereocenters. The Balaban J connectivity index is 1.42. The lowest BCUT2D eigenvalue weighted by molar-refractivity contribution is -0.130. The van der Waals surface area contributed by atoms with Crippen molar-refractivity contribution in [3.8, 4) is 6.07 Å². The number of ether oxygens (including phenoxy) is 1. The summed E-state index contributed by atoms with van der Waals surface area (Å²) >= 11 is 6.60. The first-order valence-corrected chi connectivity index (χ1v) is 15.4. The average molecular weight is 626 g/mol. The standard InChI is InChI=1S/C34H33ClFN7O2/c1-4-31(44)43-12-11-42(19-23(43)17-38-2)33-25-13-29(36)24(27-18-39-16-21-7-5-9-28(35)32(21)27)14-30(25)40-34(26(33)15-37)45-20-22-8-6-10-41(22)3/h4-5,7,9,13-14,16,18,22-23,25,30H,1,6,8,10-12,17,19-20H2,3H3/t22-,23-,25?,30?/m0/s1. The number of halogens is 2. The number of allylic oxidation sites excluding steroid dienone is 2. The van der Waals surface area contributed by atoms with Crippen LogP contribution < -0.4 is 0 Å². The lowest BCUT2D eigenvalue weighted by Gasteiger charge is -2.44. The van der Waals surface area contributed by atoms with Crippen LogP contribution in [-0.2, 0) is 9.53 Å². The highest BCUT2D eigenvalue weighted by molar-refractivity contribution is 6.36. The zero-order valence-corrected chi connectivity index (χ0v) is 25.8. The third-order valence-corrected chi connectivity index (χ3v) is 9.46. The number of carbonyl (C=O) groups is 1. The highest BCUT2D eigenvalue weighted by Crippen LogP contribution is 2.43. The molecule has 0 bridgehead atoms. The molecule has 2 aromatic rings. The van der Waals surface area contributed by atoms with Gasteiger partial charge in [-0.05, 0) is 50.7 Å². The number of nitrogens with zero attached hydrogens (tertiary/aromatic N) is 7. The summed E-state index contributed by atoms with van der Waals surface area (Å²) in [5, 5.41) is 12.5. The summed E-state index contributed by atoms with van der Waals surface area (Å²) in [5.74, 6) is -1.09. The minimum atomic E-state index is -0.599. The first kappa shape index (κ1) is 30.5. The van der Waals surface area contributed by atoms with E-state index < -0.39 is 23.8 Å². The number of nitriles is 1. The minimum Gasteiger partial charge on any atom is -0.475 e. The van der Waals surface area contributed by atoms with E-state index in [1.54, 1.807) is 29.4 Å². The zero-order valence-electron chi connectivity index (χ0n) is 25.0. The molecule has 4 heterocycles. The van der Waals surface area contributed by atoms with Crippen LogP contribution in [0.15, 0.2) is 77.5 Å². The quantitative estimate of drug-likeness (QED) is 0.330. The first-order valence-electron chi connectivity index (χ1n) is 15.0. The van der Waals surface area contributed by atoms with Crippen LogP contribution in [-0.4, -0.2) is 96.0 Å². The van der Waals surface area contributed by atoms with Crippen molar-refractivity contribution in [3.05, 3.63) is 94.5 Å². The van der Waals surface area contributed by atoms with Crippen LogP contribution in [0.2, 0.25) is 5.02 Å². The van der Waals surface area contributed by atoms with E-state index in [4.69, 9.17) is 27.9 Å². The van der Waals surface area contributed by atoms with Crippen LogP contribution in [0.5, 0.6) is 0 Å². The van der Waals surface area contributed by atoms with Gasteiger partial charge in [-0.2, -0.15) is 5.26 Å². The maximum Gasteiger partial charge on any atom is 0.246 e. The molecule has 0 saturated carbocycles. The lowest BCUT2D eigenvalue weighted by atomic mass is 9.82. The smallest absolute Gasteiger partial charge is 0.246 e.